The van der Waals surface area contributed by atoms with Crippen LogP contribution in [0.15, 0.2) is 24.4 Å². The first-order valence-electron chi connectivity index (χ1n) is 5.05. The minimum atomic E-state index is -1.02. The zero-order chi connectivity index (χ0) is 12.6. The first-order chi connectivity index (χ1) is 8.00. The second-order valence-corrected chi connectivity index (χ2v) is 3.79. The quantitative estimate of drug-likeness (QED) is 0.867. The maximum absolute atomic E-state index is 13.0. The molecule has 2 aromatic rings. The van der Waals surface area contributed by atoms with Gasteiger partial charge in [-0.3, -0.25) is 0 Å². The summed E-state index contributed by atoms with van der Waals surface area (Å²) in [6, 6.07) is 4.29. The lowest BCUT2D eigenvalue weighted by Crippen LogP contribution is -2.04. The summed E-state index contributed by atoms with van der Waals surface area (Å²) in [6.07, 6.45) is 1.29. The van der Waals surface area contributed by atoms with Gasteiger partial charge in [-0.25, -0.2) is 13.9 Å². The van der Waals surface area contributed by atoms with Crippen molar-refractivity contribution in [3.05, 3.63) is 47.0 Å². The maximum Gasteiger partial charge on any atom is 0.339 e. The van der Waals surface area contributed by atoms with Crippen molar-refractivity contribution in [2.45, 2.75) is 13.8 Å². The molecule has 2 rings (SSSR count). The summed E-state index contributed by atoms with van der Waals surface area (Å²) < 4.78 is 14.5. The predicted molar refractivity (Wildman–Crippen MR) is 60.0 cm³/mol. The number of carboxylic acid groups (broad SMARTS) is 1. The number of aromatic carboxylic acids is 1. The van der Waals surface area contributed by atoms with Crippen molar-refractivity contribution in [1.82, 2.24) is 9.78 Å². The van der Waals surface area contributed by atoms with Gasteiger partial charge in [0.15, 0.2) is 0 Å². The molecule has 1 N–H and O–H groups in total. The number of benzene rings is 1. The lowest BCUT2D eigenvalue weighted by atomic mass is 10.2. The first kappa shape index (κ1) is 11.3. The van der Waals surface area contributed by atoms with Crippen LogP contribution < -0.4 is 0 Å². The summed E-state index contributed by atoms with van der Waals surface area (Å²) in [5, 5.41) is 12.9. The maximum atomic E-state index is 13.0. The minimum absolute atomic E-state index is 0.147. The molecule has 1 heterocycles. The van der Waals surface area contributed by atoms with E-state index in [0.717, 1.165) is 0 Å². The lowest BCUT2D eigenvalue weighted by molar-refractivity contribution is 0.0696. The van der Waals surface area contributed by atoms with E-state index < -0.39 is 5.97 Å². The Morgan fingerprint density at radius 1 is 1.41 bits per heavy atom. The average molecular weight is 234 g/mol. The number of carboxylic acids is 1. The van der Waals surface area contributed by atoms with Gasteiger partial charge in [-0.05, 0) is 37.6 Å². The Morgan fingerprint density at radius 3 is 2.65 bits per heavy atom. The van der Waals surface area contributed by atoms with Gasteiger partial charge in [0.1, 0.15) is 11.4 Å². The molecular weight excluding hydrogens is 223 g/mol. The molecule has 0 amide bonds. The van der Waals surface area contributed by atoms with E-state index in [4.69, 9.17) is 5.11 Å². The molecule has 0 bridgehead atoms. The summed E-state index contributed by atoms with van der Waals surface area (Å²) in [4.78, 5) is 10.9. The fourth-order valence-corrected chi connectivity index (χ4v) is 1.72. The van der Waals surface area contributed by atoms with Crippen molar-refractivity contribution in [2.24, 2.45) is 0 Å². The topological polar surface area (TPSA) is 55.1 Å². The molecule has 0 saturated heterocycles. The highest BCUT2D eigenvalue weighted by Gasteiger charge is 2.14. The fraction of sp³-hybridized carbons (Fsp3) is 0.167. The normalized spacial score (nSPS) is 10.5. The van der Waals surface area contributed by atoms with Gasteiger partial charge in [0.25, 0.3) is 0 Å². The molecule has 0 radical (unpaired) electrons. The summed E-state index contributed by atoms with van der Waals surface area (Å²) in [6.45, 7) is 3.42. The Balaban J connectivity index is 2.57. The van der Waals surface area contributed by atoms with Gasteiger partial charge >= 0.3 is 5.97 Å². The van der Waals surface area contributed by atoms with Crippen LogP contribution in [0.2, 0.25) is 0 Å². The van der Waals surface area contributed by atoms with Crippen LogP contribution >= 0.6 is 0 Å². The Hall–Kier alpha value is -2.17. The predicted octanol–water partition coefficient (Wildman–Crippen LogP) is 2.33. The van der Waals surface area contributed by atoms with Crippen LogP contribution in [0.4, 0.5) is 4.39 Å². The second-order valence-electron chi connectivity index (χ2n) is 3.79. The van der Waals surface area contributed by atoms with Gasteiger partial charge in [0.05, 0.1) is 17.6 Å². The van der Waals surface area contributed by atoms with Gasteiger partial charge in [-0.1, -0.05) is 0 Å². The molecular formula is C12H11FN2O2. The molecule has 0 aliphatic rings. The van der Waals surface area contributed by atoms with Crippen LogP contribution in [0.5, 0.6) is 0 Å². The molecule has 4 nitrogen and oxygen atoms in total. The van der Waals surface area contributed by atoms with E-state index >= 15 is 0 Å². The fourth-order valence-electron chi connectivity index (χ4n) is 1.72. The van der Waals surface area contributed by atoms with E-state index in [9.17, 15) is 9.18 Å². The molecule has 17 heavy (non-hydrogen) atoms. The highest BCUT2D eigenvalue weighted by Crippen LogP contribution is 2.18. The van der Waals surface area contributed by atoms with Gasteiger partial charge in [-0.2, -0.15) is 5.10 Å². The molecule has 0 saturated carbocycles. The van der Waals surface area contributed by atoms with Crippen molar-refractivity contribution in [1.29, 1.82) is 0 Å². The van der Waals surface area contributed by atoms with Gasteiger partial charge in [-0.15, -0.1) is 0 Å². The molecule has 1 aromatic heterocycles. The Bertz CT molecular complexity index is 590. The summed E-state index contributed by atoms with van der Waals surface area (Å²) >= 11 is 0. The number of carbonyl (C=O) groups is 1. The summed E-state index contributed by atoms with van der Waals surface area (Å²) in [5.74, 6) is -1.34. The molecule has 1 aromatic carbocycles. The van der Waals surface area contributed by atoms with E-state index in [1.807, 2.05) is 0 Å². The number of hydrogen-bond donors (Lipinski definition) is 1. The highest BCUT2D eigenvalue weighted by molar-refractivity contribution is 5.88. The van der Waals surface area contributed by atoms with Crippen molar-refractivity contribution in [3.8, 4) is 5.69 Å². The minimum Gasteiger partial charge on any atom is -0.478 e. The summed E-state index contributed by atoms with van der Waals surface area (Å²) in [7, 11) is 0. The van der Waals surface area contributed by atoms with Gasteiger partial charge < -0.3 is 5.11 Å². The Kier molecular flexibility index (Phi) is 2.67. The van der Waals surface area contributed by atoms with Gasteiger partial charge in [0, 0.05) is 0 Å². The number of aromatic nitrogens is 2. The van der Waals surface area contributed by atoms with Crippen molar-refractivity contribution in [3.63, 3.8) is 0 Å². The molecule has 0 spiro atoms. The molecule has 0 aliphatic carbocycles. The number of halogens is 1. The largest absolute Gasteiger partial charge is 0.478 e. The second kappa shape index (κ2) is 4.01. The van der Waals surface area contributed by atoms with Crippen LogP contribution in [0, 0.1) is 19.7 Å². The third kappa shape index (κ3) is 1.91. The standard InChI is InChI=1S/C12H11FN2O2/c1-7-5-9(13)3-4-11(7)15-8(2)10(6-14-15)12(16)17/h3-6H,1-2H3,(H,16,17). The zero-order valence-electron chi connectivity index (χ0n) is 9.44. The van der Waals surface area contributed by atoms with Crippen molar-refractivity contribution in [2.75, 3.05) is 0 Å². The third-order valence-electron chi connectivity index (χ3n) is 2.63. The third-order valence-corrected chi connectivity index (χ3v) is 2.63. The molecule has 0 aliphatic heterocycles. The first-order valence-corrected chi connectivity index (χ1v) is 5.05. The van der Waals surface area contributed by atoms with Crippen LogP contribution in [0.3, 0.4) is 0 Å². The van der Waals surface area contributed by atoms with Gasteiger partial charge in [0.2, 0.25) is 0 Å². The molecule has 0 unspecified atom stereocenters. The number of aryl methyl sites for hydroxylation is 1. The molecule has 5 heteroatoms. The Labute approximate surface area is 97.3 Å². The van der Waals surface area contributed by atoms with Crippen LogP contribution in [0.1, 0.15) is 21.6 Å². The Morgan fingerprint density at radius 2 is 2.12 bits per heavy atom. The van der Waals surface area contributed by atoms with Crippen LogP contribution in [-0.2, 0) is 0 Å². The van der Waals surface area contributed by atoms with E-state index in [2.05, 4.69) is 5.10 Å². The number of rotatable bonds is 2. The highest BCUT2D eigenvalue weighted by atomic mass is 19.1. The van der Waals surface area contributed by atoms with E-state index in [1.165, 1.54) is 23.0 Å². The van der Waals surface area contributed by atoms with Crippen LogP contribution in [0.25, 0.3) is 5.69 Å². The van der Waals surface area contributed by atoms with Crippen LogP contribution in [-0.4, -0.2) is 20.9 Å². The average Bonchev–Trinajstić information content (AvgIpc) is 2.60. The zero-order valence-corrected chi connectivity index (χ0v) is 9.44. The monoisotopic (exact) mass is 234 g/mol. The SMILES string of the molecule is Cc1cc(F)ccc1-n1ncc(C(=O)O)c1C. The lowest BCUT2D eigenvalue weighted by Gasteiger charge is -2.08. The molecule has 0 fully saturated rings. The van der Waals surface area contributed by atoms with Crippen molar-refractivity contribution < 1.29 is 14.3 Å². The van der Waals surface area contributed by atoms with E-state index in [0.29, 0.717) is 16.9 Å². The summed E-state index contributed by atoms with van der Waals surface area (Å²) in [5.41, 5.74) is 2.05. The van der Waals surface area contributed by atoms with E-state index in [-0.39, 0.29) is 11.4 Å². The number of nitrogens with zero attached hydrogens (tertiary/aromatic N) is 2. The molecule has 0 atom stereocenters. The molecule has 88 valence electrons. The smallest absolute Gasteiger partial charge is 0.339 e. The van der Waals surface area contributed by atoms with E-state index in [1.54, 1.807) is 19.9 Å². The van der Waals surface area contributed by atoms with Crippen molar-refractivity contribution >= 4 is 5.97 Å². The number of hydrogen-bond acceptors (Lipinski definition) is 2.